The number of benzene rings is 1. The lowest BCUT2D eigenvalue weighted by Crippen LogP contribution is -2.09. The van der Waals surface area contributed by atoms with Crippen molar-refractivity contribution in [3.05, 3.63) is 53.7 Å². The monoisotopic (exact) mass is 286 g/mol. The van der Waals surface area contributed by atoms with Gasteiger partial charge in [-0.25, -0.2) is 14.6 Å². The molecule has 0 unspecified atom stereocenters. The summed E-state index contributed by atoms with van der Waals surface area (Å²) in [7, 11) is 0. The third-order valence-electron chi connectivity index (χ3n) is 2.70. The molecule has 0 bridgehead atoms. The number of esters is 1. The number of anilines is 2. The lowest BCUT2D eigenvalue weighted by Gasteiger charge is -2.10. The van der Waals surface area contributed by atoms with Gasteiger partial charge in [-0.15, -0.1) is 0 Å². The Morgan fingerprint density at radius 2 is 1.95 bits per heavy atom. The number of nitrogens with one attached hydrogen (secondary N) is 1. The number of ether oxygens (including phenoxy) is 1. The maximum atomic E-state index is 11.8. The summed E-state index contributed by atoms with van der Waals surface area (Å²) in [5.74, 6) is -1.10. The van der Waals surface area contributed by atoms with Gasteiger partial charge in [0.05, 0.1) is 12.2 Å². The van der Waals surface area contributed by atoms with Gasteiger partial charge < -0.3 is 15.2 Å². The first kappa shape index (κ1) is 14.5. The Labute approximate surface area is 121 Å². The van der Waals surface area contributed by atoms with E-state index in [1.807, 2.05) is 0 Å². The van der Waals surface area contributed by atoms with Crippen LogP contribution in [0.3, 0.4) is 0 Å². The Hall–Kier alpha value is -2.89. The second kappa shape index (κ2) is 6.51. The second-order valence-corrected chi connectivity index (χ2v) is 4.13. The Morgan fingerprint density at radius 3 is 2.57 bits per heavy atom. The quantitative estimate of drug-likeness (QED) is 0.821. The molecule has 0 fully saturated rings. The summed E-state index contributed by atoms with van der Waals surface area (Å²) in [6, 6.07) is 9.40. The Bertz CT molecular complexity index is 653. The van der Waals surface area contributed by atoms with E-state index in [0.29, 0.717) is 17.1 Å². The maximum Gasteiger partial charge on any atom is 0.341 e. The van der Waals surface area contributed by atoms with Crippen LogP contribution >= 0.6 is 0 Å². The van der Waals surface area contributed by atoms with Crippen LogP contribution in [0.25, 0.3) is 0 Å². The van der Waals surface area contributed by atoms with E-state index in [2.05, 4.69) is 10.3 Å². The van der Waals surface area contributed by atoms with Crippen molar-refractivity contribution in [3.63, 3.8) is 0 Å². The van der Waals surface area contributed by atoms with Crippen LogP contribution in [-0.2, 0) is 4.74 Å². The molecule has 1 aromatic carbocycles. The number of nitrogens with zero attached hydrogens (tertiary/aromatic N) is 1. The number of pyridine rings is 1. The largest absolute Gasteiger partial charge is 0.478 e. The highest BCUT2D eigenvalue weighted by Crippen LogP contribution is 2.19. The molecule has 2 N–H and O–H groups in total. The van der Waals surface area contributed by atoms with E-state index in [4.69, 9.17) is 9.84 Å². The number of rotatable bonds is 5. The molecule has 1 heterocycles. The van der Waals surface area contributed by atoms with Crippen molar-refractivity contribution in [1.82, 2.24) is 4.98 Å². The van der Waals surface area contributed by atoms with E-state index in [9.17, 15) is 9.59 Å². The van der Waals surface area contributed by atoms with Crippen molar-refractivity contribution < 1.29 is 19.4 Å². The number of hydrogen-bond acceptors (Lipinski definition) is 5. The number of hydrogen-bond donors (Lipinski definition) is 2. The van der Waals surface area contributed by atoms with Crippen LogP contribution in [0.2, 0.25) is 0 Å². The van der Waals surface area contributed by atoms with Crippen LogP contribution in [0.1, 0.15) is 27.6 Å². The summed E-state index contributed by atoms with van der Waals surface area (Å²) in [5, 5.41) is 11.8. The van der Waals surface area contributed by atoms with Gasteiger partial charge in [-0.05, 0) is 43.3 Å². The van der Waals surface area contributed by atoms with Gasteiger partial charge in [0, 0.05) is 11.9 Å². The zero-order valence-corrected chi connectivity index (χ0v) is 11.4. The van der Waals surface area contributed by atoms with E-state index in [1.165, 1.54) is 12.1 Å². The van der Waals surface area contributed by atoms with Crippen molar-refractivity contribution >= 4 is 23.4 Å². The van der Waals surface area contributed by atoms with E-state index in [1.54, 1.807) is 37.4 Å². The van der Waals surface area contributed by atoms with Gasteiger partial charge in [-0.3, -0.25) is 0 Å². The van der Waals surface area contributed by atoms with Gasteiger partial charge in [0.25, 0.3) is 0 Å². The summed E-state index contributed by atoms with van der Waals surface area (Å²) in [4.78, 5) is 26.7. The Kier molecular flexibility index (Phi) is 4.50. The highest BCUT2D eigenvalue weighted by atomic mass is 16.5. The van der Waals surface area contributed by atoms with Gasteiger partial charge in [0.2, 0.25) is 0 Å². The molecule has 2 rings (SSSR count). The van der Waals surface area contributed by atoms with Crippen molar-refractivity contribution in [2.24, 2.45) is 0 Å². The molecule has 0 aliphatic carbocycles. The molecule has 0 saturated carbocycles. The molecule has 1 aromatic heterocycles. The van der Waals surface area contributed by atoms with E-state index < -0.39 is 11.9 Å². The van der Waals surface area contributed by atoms with Crippen LogP contribution in [0.5, 0.6) is 0 Å². The average Bonchev–Trinajstić information content (AvgIpc) is 2.48. The molecule has 0 amide bonds. The predicted molar refractivity (Wildman–Crippen MR) is 76.9 cm³/mol. The minimum absolute atomic E-state index is 0.187. The van der Waals surface area contributed by atoms with Gasteiger partial charge in [0.1, 0.15) is 11.4 Å². The molecule has 0 saturated heterocycles. The third kappa shape index (κ3) is 3.56. The molecule has 21 heavy (non-hydrogen) atoms. The van der Waals surface area contributed by atoms with Crippen molar-refractivity contribution in [3.8, 4) is 0 Å². The minimum Gasteiger partial charge on any atom is -0.478 e. The van der Waals surface area contributed by atoms with Crippen LogP contribution in [0.4, 0.5) is 11.5 Å². The summed E-state index contributed by atoms with van der Waals surface area (Å²) in [5.41, 5.74) is 1.14. The molecule has 108 valence electrons. The van der Waals surface area contributed by atoms with Crippen molar-refractivity contribution in [1.29, 1.82) is 0 Å². The topological polar surface area (TPSA) is 88.5 Å². The number of aromatic nitrogens is 1. The SMILES string of the molecule is CCOC(=O)c1cccnc1Nc1ccc(C(=O)O)cc1. The molecule has 2 aromatic rings. The second-order valence-electron chi connectivity index (χ2n) is 4.13. The zero-order valence-electron chi connectivity index (χ0n) is 11.4. The summed E-state index contributed by atoms with van der Waals surface area (Å²) >= 11 is 0. The fraction of sp³-hybridized carbons (Fsp3) is 0.133. The first-order valence-corrected chi connectivity index (χ1v) is 6.34. The van der Waals surface area contributed by atoms with Gasteiger partial charge in [0.15, 0.2) is 0 Å². The molecular formula is C15H14N2O4. The molecule has 0 aliphatic rings. The summed E-state index contributed by atoms with van der Waals surface area (Å²) in [6.07, 6.45) is 1.55. The number of aromatic carboxylic acids is 1. The van der Waals surface area contributed by atoms with Gasteiger partial charge in [-0.2, -0.15) is 0 Å². The normalized spacial score (nSPS) is 9.95. The molecule has 6 nitrogen and oxygen atoms in total. The Balaban J connectivity index is 2.23. The van der Waals surface area contributed by atoms with Crippen LogP contribution in [0.15, 0.2) is 42.6 Å². The van der Waals surface area contributed by atoms with Crippen LogP contribution in [-0.4, -0.2) is 28.6 Å². The third-order valence-corrected chi connectivity index (χ3v) is 2.70. The number of carbonyl (C=O) groups excluding carboxylic acids is 1. The highest BCUT2D eigenvalue weighted by Gasteiger charge is 2.13. The molecule has 6 heteroatoms. The fourth-order valence-corrected chi connectivity index (χ4v) is 1.71. The van der Waals surface area contributed by atoms with E-state index in [0.717, 1.165) is 0 Å². The molecular weight excluding hydrogens is 272 g/mol. The Morgan fingerprint density at radius 1 is 1.24 bits per heavy atom. The van der Waals surface area contributed by atoms with E-state index in [-0.39, 0.29) is 12.2 Å². The molecule has 0 radical (unpaired) electrons. The average molecular weight is 286 g/mol. The first-order chi connectivity index (χ1) is 10.1. The molecule has 0 aliphatic heterocycles. The van der Waals surface area contributed by atoms with Crippen molar-refractivity contribution in [2.75, 3.05) is 11.9 Å². The summed E-state index contributed by atoms with van der Waals surface area (Å²) in [6.45, 7) is 2.01. The zero-order chi connectivity index (χ0) is 15.2. The fourth-order valence-electron chi connectivity index (χ4n) is 1.71. The number of carboxylic acids is 1. The van der Waals surface area contributed by atoms with Gasteiger partial charge in [-0.1, -0.05) is 0 Å². The number of carboxylic acid groups (broad SMARTS) is 1. The lowest BCUT2D eigenvalue weighted by atomic mass is 10.2. The molecule has 0 spiro atoms. The maximum absolute atomic E-state index is 11.8. The van der Waals surface area contributed by atoms with E-state index >= 15 is 0 Å². The number of carbonyl (C=O) groups is 2. The van der Waals surface area contributed by atoms with Gasteiger partial charge >= 0.3 is 11.9 Å². The van der Waals surface area contributed by atoms with Crippen LogP contribution in [0, 0.1) is 0 Å². The first-order valence-electron chi connectivity index (χ1n) is 6.34. The smallest absolute Gasteiger partial charge is 0.341 e. The predicted octanol–water partition coefficient (Wildman–Crippen LogP) is 2.70. The highest BCUT2D eigenvalue weighted by molar-refractivity contribution is 5.95. The molecule has 0 atom stereocenters. The van der Waals surface area contributed by atoms with Crippen molar-refractivity contribution in [2.45, 2.75) is 6.92 Å². The summed E-state index contributed by atoms with van der Waals surface area (Å²) < 4.78 is 4.96. The van der Waals surface area contributed by atoms with Crippen LogP contribution < -0.4 is 5.32 Å². The standard InChI is InChI=1S/C15H14N2O4/c1-2-21-15(20)12-4-3-9-16-13(12)17-11-7-5-10(6-8-11)14(18)19/h3-9H,2H2,1H3,(H,16,17)(H,18,19). The lowest BCUT2D eigenvalue weighted by molar-refractivity contribution is 0.0526. The minimum atomic E-state index is -0.994.